The second-order valence-corrected chi connectivity index (χ2v) is 6.93. The number of nitrogens with one attached hydrogen (secondary N) is 1. The first-order valence-electron chi connectivity index (χ1n) is 8.13. The van der Waals surface area contributed by atoms with Crippen LogP contribution in [0.1, 0.15) is 59.7 Å². The number of aromatic nitrogens is 2. The lowest BCUT2D eigenvalue weighted by atomic mass is 9.83. The van der Waals surface area contributed by atoms with Crippen LogP contribution in [0.2, 0.25) is 0 Å². The quantitative estimate of drug-likeness (QED) is 0.798. The molecule has 122 valence electrons. The Bertz CT molecular complexity index is 408. The van der Waals surface area contributed by atoms with Gasteiger partial charge >= 0.3 is 0 Å². The normalized spacial score (nSPS) is 16.7. The molecule has 1 N–H and O–H groups in total. The maximum absolute atomic E-state index is 5.78. The topological polar surface area (TPSA) is 39.1 Å². The van der Waals surface area contributed by atoms with Crippen molar-refractivity contribution < 1.29 is 4.74 Å². The molecule has 0 aliphatic rings. The van der Waals surface area contributed by atoms with Gasteiger partial charge in [-0.2, -0.15) is 5.10 Å². The molecular formula is C17H33N3O. The Balaban J connectivity index is 2.85. The van der Waals surface area contributed by atoms with Crippen molar-refractivity contribution >= 4 is 0 Å². The molecule has 0 aliphatic heterocycles. The zero-order chi connectivity index (χ0) is 16.0. The second-order valence-electron chi connectivity index (χ2n) is 6.93. The van der Waals surface area contributed by atoms with Crippen LogP contribution < -0.4 is 5.32 Å². The summed E-state index contributed by atoms with van der Waals surface area (Å²) in [6.07, 6.45) is 4.24. The Kier molecular flexibility index (Phi) is 6.88. The summed E-state index contributed by atoms with van der Waals surface area (Å²) >= 11 is 0. The van der Waals surface area contributed by atoms with Gasteiger partial charge in [0.1, 0.15) is 0 Å². The van der Waals surface area contributed by atoms with Gasteiger partial charge in [0, 0.05) is 31.8 Å². The average molecular weight is 295 g/mol. The molecule has 3 atom stereocenters. The van der Waals surface area contributed by atoms with Crippen molar-refractivity contribution in [3.05, 3.63) is 18.0 Å². The lowest BCUT2D eigenvalue weighted by Crippen LogP contribution is -2.49. The van der Waals surface area contributed by atoms with Gasteiger partial charge in [-0.05, 0) is 31.4 Å². The predicted molar refractivity (Wildman–Crippen MR) is 88.6 cm³/mol. The summed E-state index contributed by atoms with van der Waals surface area (Å²) in [6.45, 7) is 14.1. The Hall–Kier alpha value is -0.870. The predicted octanol–water partition coefficient (Wildman–Crippen LogP) is 3.44. The van der Waals surface area contributed by atoms with Crippen LogP contribution in [0.4, 0.5) is 0 Å². The smallest absolute Gasteiger partial charge is 0.0776 e. The number of rotatable bonds is 8. The van der Waals surface area contributed by atoms with Crippen molar-refractivity contribution in [1.29, 1.82) is 0 Å². The molecular weight excluding hydrogens is 262 g/mol. The molecule has 1 heterocycles. The molecule has 0 saturated carbocycles. The number of nitrogens with zero attached hydrogens (tertiary/aromatic N) is 2. The van der Waals surface area contributed by atoms with E-state index in [4.69, 9.17) is 9.84 Å². The number of hydrogen-bond acceptors (Lipinski definition) is 3. The largest absolute Gasteiger partial charge is 0.379 e. The molecule has 0 aromatic carbocycles. The van der Waals surface area contributed by atoms with E-state index in [1.807, 2.05) is 0 Å². The SMILES string of the molecule is CCNC(Cc1ccn(C(C)CC)n1)C(OC)C(C)(C)C. The molecule has 0 bridgehead atoms. The third kappa shape index (κ3) is 5.11. The van der Waals surface area contributed by atoms with Crippen molar-refractivity contribution in [2.75, 3.05) is 13.7 Å². The number of ether oxygens (including phenoxy) is 1. The number of methoxy groups -OCH3 is 1. The molecule has 0 amide bonds. The van der Waals surface area contributed by atoms with Gasteiger partial charge in [0.2, 0.25) is 0 Å². The molecule has 21 heavy (non-hydrogen) atoms. The number of hydrogen-bond donors (Lipinski definition) is 1. The van der Waals surface area contributed by atoms with Crippen LogP contribution in [0.5, 0.6) is 0 Å². The van der Waals surface area contributed by atoms with Gasteiger partial charge in [0.05, 0.1) is 11.8 Å². The summed E-state index contributed by atoms with van der Waals surface area (Å²) in [7, 11) is 1.80. The second kappa shape index (κ2) is 7.95. The molecule has 0 aliphatic carbocycles. The highest BCUT2D eigenvalue weighted by Gasteiger charge is 2.32. The fourth-order valence-electron chi connectivity index (χ4n) is 2.81. The molecule has 0 radical (unpaired) electrons. The Morgan fingerprint density at radius 1 is 1.33 bits per heavy atom. The zero-order valence-electron chi connectivity index (χ0n) is 14.8. The lowest BCUT2D eigenvalue weighted by molar-refractivity contribution is -0.0108. The highest BCUT2D eigenvalue weighted by atomic mass is 16.5. The van der Waals surface area contributed by atoms with Gasteiger partial charge in [-0.1, -0.05) is 34.6 Å². The molecule has 0 spiro atoms. The first kappa shape index (κ1) is 18.2. The standard InChI is InChI=1S/C17H33N3O/c1-8-13(3)20-11-10-14(19-20)12-15(18-9-2)16(21-7)17(4,5)6/h10-11,13,15-16,18H,8-9,12H2,1-7H3. The summed E-state index contributed by atoms with van der Waals surface area (Å²) in [6, 6.07) is 2.86. The van der Waals surface area contributed by atoms with E-state index in [1.165, 1.54) is 0 Å². The van der Waals surface area contributed by atoms with E-state index in [0.717, 1.165) is 25.1 Å². The fourth-order valence-corrected chi connectivity index (χ4v) is 2.81. The highest BCUT2D eigenvalue weighted by Crippen LogP contribution is 2.26. The third-order valence-electron chi connectivity index (χ3n) is 4.07. The van der Waals surface area contributed by atoms with E-state index in [9.17, 15) is 0 Å². The van der Waals surface area contributed by atoms with Gasteiger partial charge in [-0.3, -0.25) is 4.68 Å². The van der Waals surface area contributed by atoms with Crippen molar-refractivity contribution in [2.24, 2.45) is 5.41 Å². The van der Waals surface area contributed by atoms with Crippen molar-refractivity contribution in [3.8, 4) is 0 Å². The van der Waals surface area contributed by atoms with Crippen LogP contribution in [-0.4, -0.2) is 35.6 Å². The van der Waals surface area contributed by atoms with Gasteiger partial charge in [-0.15, -0.1) is 0 Å². The summed E-state index contributed by atoms with van der Waals surface area (Å²) < 4.78 is 7.85. The summed E-state index contributed by atoms with van der Waals surface area (Å²) in [5, 5.41) is 8.29. The van der Waals surface area contributed by atoms with E-state index < -0.39 is 0 Å². The average Bonchev–Trinajstić information content (AvgIpc) is 2.85. The van der Waals surface area contributed by atoms with Gasteiger partial charge in [0.25, 0.3) is 0 Å². The van der Waals surface area contributed by atoms with Crippen LogP contribution in [0.25, 0.3) is 0 Å². The molecule has 1 rings (SSSR count). The van der Waals surface area contributed by atoms with Crippen LogP contribution in [0, 0.1) is 5.41 Å². The molecule has 3 unspecified atom stereocenters. The lowest BCUT2D eigenvalue weighted by Gasteiger charge is -2.36. The third-order valence-corrected chi connectivity index (χ3v) is 4.07. The van der Waals surface area contributed by atoms with Crippen LogP contribution >= 0.6 is 0 Å². The minimum absolute atomic E-state index is 0.0981. The van der Waals surface area contributed by atoms with Crippen LogP contribution in [0.15, 0.2) is 12.3 Å². The maximum Gasteiger partial charge on any atom is 0.0776 e. The Morgan fingerprint density at radius 2 is 2.00 bits per heavy atom. The minimum Gasteiger partial charge on any atom is -0.379 e. The summed E-state index contributed by atoms with van der Waals surface area (Å²) in [5.74, 6) is 0. The summed E-state index contributed by atoms with van der Waals surface area (Å²) in [5.41, 5.74) is 1.23. The van der Waals surface area contributed by atoms with Crippen molar-refractivity contribution in [2.45, 2.75) is 72.6 Å². The monoisotopic (exact) mass is 295 g/mol. The molecule has 4 heteroatoms. The van der Waals surface area contributed by atoms with E-state index in [-0.39, 0.29) is 17.6 Å². The van der Waals surface area contributed by atoms with E-state index in [2.05, 4.69) is 63.8 Å². The van der Waals surface area contributed by atoms with E-state index in [1.54, 1.807) is 7.11 Å². The van der Waals surface area contributed by atoms with Gasteiger partial charge in [-0.25, -0.2) is 0 Å². The number of likely N-dealkylation sites (N-methyl/N-ethyl adjacent to an activating group) is 1. The minimum atomic E-state index is 0.0981. The molecule has 4 nitrogen and oxygen atoms in total. The first-order valence-corrected chi connectivity index (χ1v) is 8.13. The van der Waals surface area contributed by atoms with Crippen molar-refractivity contribution in [1.82, 2.24) is 15.1 Å². The molecule has 0 fully saturated rings. The zero-order valence-corrected chi connectivity index (χ0v) is 14.8. The Labute approximate surface area is 130 Å². The first-order chi connectivity index (χ1) is 9.83. The maximum atomic E-state index is 5.78. The van der Waals surface area contributed by atoms with Gasteiger partial charge < -0.3 is 10.1 Å². The van der Waals surface area contributed by atoms with E-state index >= 15 is 0 Å². The highest BCUT2D eigenvalue weighted by molar-refractivity contribution is 5.04. The van der Waals surface area contributed by atoms with E-state index in [0.29, 0.717) is 6.04 Å². The van der Waals surface area contributed by atoms with Gasteiger partial charge in [0.15, 0.2) is 0 Å². The van der Waals surface area contributed by atoms with Crippen LogP contribution in [0.3, 0.4) is 0 Å². The summed E-state index contributed by atoms with van der Waals surface area (Å²) in [4.78, 5) is 0. The Morgan fingerprint density at radius 3 is 2.48 bits per heavy atom. The fraction of sp³-hybridized carbons (Fsp3) is 0.824. The molecule has 0 saturated heterocycles. The van der Waals surface area contributed by atoms with Crippen molar-refractivity contribution in [3.63, 3.8) is 0 Å². The van der Waals surface area contributed by atoms with Crippen LogP contribution in [-0.2, 0) is 11.2 Å². The molecule has 1 aromatic heterocycles. The molecule has 1 aromatic rings.